The number of methoxy groups -OCH3 is 1. The molecular formula is C19H26O6. The molecule has 0 amide bonds. The van der Waals surface area contributed by atoms with Crippen molar-refractivity contribution in [3.63, 3.8) is 0 Å². The summed E-state index contributed by atoms with van der Waals surface area (Å²) in [5, 5.41) is 10.0. The minimum atomic E-state index is -1.29. The van der Waals surface area contributed by atoms with E-state index in [4.69, 9.17) is 14.2 Å². The first-order valence-corrected chi connectivity index (χ1v) is 8.59. The molecule has 0 unspecified atom stereocenters. The van der Waals surface area contributed by atoms with Crippen molar-refractivity contribution >= 4 is 11.9 Å². The van der Waals surface area contributed by atoms with Crippen LogP contribution in [0.25, 0.3) is 0 Å². The molecule has 6 heteroatoms. The first kappa shape index (κ1) is 19.4. The molecule has 1 aromatic rings. The molecular weight excluding hydrogens is 324 g/mol. The second-order valence-corrected chi connectivity index (χ2v) is 6.48. The quantitative estimate of drug-likeness (QED) is 0.761. The number of rotatable bonds is 7. The lowest BCUT2D eigenvalue weighted by molar-refractivity contribution is -0.160. The molecule has 5 atom stereocenters. The minimum absolute atomic E-state index is 0.0752. The summed E-state index contributed by atoms with van der Waals surface area (Å²) < 4.78 is 16.0. The average Bonchev–Trinajstić information content (AvgIpc) is 3.08. The summed E-state index contributed by atoms with van der Waals surface area (Å²) in [4.78, 5) is 23.6. The van der Waals surface area contributed by atoms with E-state index >= 15 is 0 Å². The summed E-state index contributed by atoms with van der Waals surface area (Å²) in [5.74, 6) is -1.26. The number of esters is 2. The Labute approximate surface area is 148 Å². The molecule has 1 N–H and O–H groups in total. The molecule has 1 saturated heterocycles. The molecule has 0 aliphatic carbocycles. The van der Waals surface area contributed by atoms with Crippen LogP contribution in [0.4, 0.5) is 0 Å². The van der Waals surface area contributed by atoms with E-state index in [9.17, 15) is 14.7 Å². The molecule has 25 heavy (non-hydrogen) atoms. The van der Waals surface area contributed by atoms with Crippen LogP contribution in [0.1, 0.15) is 44.8 Å². The molecule has 0 bridgehead atoms. The van der Waals surface area contributed by atoms with Gasteiger partial charge in [0.25, 0.3) is 0 Å². The molecule has 0 saturated carbocycles. The van der Waals surface area contributed by atoms with Crippen LogP contribution in [0.2, 0.25) is 0 Å². The number of benzene rings is 1. The van der Waals surface area contributed by atoms with E-state index in [0.717, 1.165) is 12.8 Å². The number of hydrogen-bond donors (Lipinski definition) is 1. The van der Waals surface area contributed by atoms with Crippen LogP contribution in [0.3, 0.4) is 0 Å². The maximum absolute atomic E-state index is 12.1. The highest BCUT2D eigenvalue weighted by Gasteiger charge is 2.34. The van der Waals surface area contributed by atoms with Crippen LogP contribution in [0.15, 0.2) is 30.3 Å². The van der Waals surface area contributed by atoms with Gasteiger partial charge in [-0.25, -0.2) is 4.79 Å². The molecule has 1 fully saturated rings. The highest BCUT2D eigenvalue weighted by molar-refractivity contribution is 5.76. The smallest absolute Gasteiger partial charge is 0.339 e. The van der Waals surface area contributed by atoms with Crippen LogP contribution >= 0.6 is 0 Å². The van der Waals surface area contributed by atoms with Gasteiger partial charge in [0.15, 0.2) is 6.10 Å². The Balaban J connectivity index is 1.80. The van der Waals surface area contributed by atoms with Gasteiger partial charge >= 0.3 is 11.9 Å². The first-order chi connectivity index (χ1) is 11.9. The molecule has 6 nitrogen and oxygen atoms in total. The summed E-state index contributed by atoms with van der Waals surface area (Å²) in [5.41, 5.74) is 0.504. The van der Waals surface area contributed by atoms with E-state index in [2.05, 4.69) is 0 Å². The lowest BCUT2D eigenvalue weighted by Crippen LogP contribution is -2.28. The van der Waals surface area contributed by atoms with Gasteiger partial charge in [-0.05, 0) is 32.3 Å². The van der Waals surface area contributed by atoms with Crippen molar-refractivity contribution in [3.8, 4) is 0 Å². The summed E-state index contributed by atoms with van der Waals surface area (Å²) in [6.07, 6.45) is 0.174. The Morgan fingerprint density at radius 1 is 1.20 bits per heavy atom. The predicted molar refractivity (Wildman–Crippen MR) is 90.6 cm³/mol. The first-order valence-electron chi connectivity index (χ1n) is 8.59. The lowest BCUT2D eigenvalue weighted by atomic mass is 10.0. The largest absolute Gasteiger partial charge is 0.469 e. The molecule has 138 valence electrons. The third kappa shape index (κ3) is 5.28. The van der Waals surface area contributed by atoms with Crippen molar-refractivity contribution in [1.29, 1.82) is 0 Å². The monoisotopic (exact) mass is 350 g/mol. The van der Waals surface area contributed by atoms with Gasteiger partial charge in [-0.2, -0.15) is 0 Å². The van der Waals surface area contributed by atoms with Crippen molar-refractivity contribution in [1.82, 2.24) is 0 Å². The summed E-state index contributed by atoms with van der Waals surface area (Å²) in [7, 11) is 1.37. The minimum Gasteiger partial charge on any atom is -0.469 e. The van der Waals surface area contributed by atoms with Gasteiger partial charge in [0.2, 0.25) is 0 Å². The van der Waals surface area contributed by atoms with Gasteiger partial charge in [-0.3, -0.25) is 4.79 Å². The van der Waals surface area contributed by atoms with Gasteiger partial charge in [0.1, 0.15) is 6.10 Å². The zero-order chi connectivity index (χ0) is 18.4. The van der Waals surface area contributed by atoms with Gasteiger partial charge in [0, 0.05) is 6.42 Å². The Hall–Kier alpha value is -1.92. The molecule has 1 heterocycles. The maximum atomic E-state index is 12.1. The third-order valence-corrected chi connectivity index (χ3v) is 4.52. The van der Waals surface area contributed by atoms with Crippen molar-refractivity contribution < 1.29 is 28.9 Å². The van der Waals surface area contributed by atoms with Gasteiger partial charge in [-0.1, -0.05) is 30.3 Å². The van der Waals surface area contributed by atoms with Crippen molar-refractivity contribution in [2.45, 2.75) is 57.5 Å². The second kappa shape index (κ2) is 8.97. The number of aliphatic hydroxyl groups excluding tert-OH is 1. The Morgan fingerprint density at radius 2 is 1.88 bits per heavy atom. The average molecular weight is 350 g/mol. The van der Waals surface area contributed by atoms with Crippen LogP contribution in [0, 0.1) is 5.92 Å². The van der Waals surface area contributed by atoms with Crippen molar-refractivity contribution in [2.75, 3.05) is 7.11 Å². The normalized spacial score (nSPS) is 23.5. The Morgan fingerprint density at radius 3 is 2.52 bits per heavy atom. The highest BCUT2D eigenvalue weighted by atomic mass is 16.6. The van der Waals surface area contributed by atoms with Crippen LogP contribution < -0.4 is 0 Å². The topological polar surface area (TPSA) is 82.1 Å². The molecule has 1 aliphatic rings. The lowest BCUT2D eigenvalue weighted by Gasteiger charge is -2.21. The fraction of sp³-hybridized carbons (Fsp3) is 0.579. The Kier molecular flexibility index (Phi) is 6.96. The van der Waals surface area contributed by atoms with Gasteiger partial charge < -0.3 is 19.3 Å². The molecule has 1 aliphatic heterocycles. The molecule has 0 spiro atoms. The zero-order valence-electron chi connectivity index (χ0n) is 14.9. The van der Waals surface area contributed by atoms with Crippen LogP contribution in [0.5, 0.6) is 0 Å². The summed E-state index contributed by atoms with van der Waals surface area (Å²) >= 11 is 0. The zero-order valence-corrected chi connectivity index (χ0v) is 14.9. The predicted octanol–water partition coefficient (Wildman–Crippen LogP) is 2.40. The number of hydrogen-bond acceptors (Lipinski definition) is 6. The number of aliphatic hydroxyl groups is 1. The highest BCUT2D eigenvalue weighted by Crippen LogP contribution is 2.29. The van der Waals surface area contributed by atoms with E-state index in [0.29, 0.717) is 12.0 Å². The maximum Gasteiger partial charge on any atom is 0.339 e. The molecule has 0 radical (unpaired) electrons. The van der Waals surface area contributed by atoms with E-state index in [-0.39, 0.29) is 30.2 Å². The van der Waals surface area contributed by atoms with E-state index in [1.54, 1.807) is 38.1 Å². The molecule has 1 aromatic carbocycles. The number of ether oxygens (including phenoxy) is 3. The van der Waals surface area contributed by atoms with E-state index in [1.165, 1.54) is 7.11 Å². The molecule has 0 aromatic heterocycles. The van der Waals surface area contributed by atoms with Gasteiger partial charge in [0.05, 0.1) is 25.2 Å². The molecule has 2 rings (SSSR count). The SMILES string of the molecule is COC(=O)[C@H](C)[C@H]1CC[C@@H](C[C@H](C)OC(=O)[C@H](O)c2ccccc2)O1. The van der Waals surface area contributed by atoms with Crippen molar-refractivity contribution in [2.24, 2.45) is 5.92 Å². The number of carbonyl (C=O) groups is 2. The Bertz CT molecular complexity index is 573. The van der Waals surface area contributed by atoms with Crippen molar-refractivity contribution in [3.05, 3.63) is 35.9 Å². The second-order valence-electron chi connectivity index (χ2n) is 6.48. The van der Waals surface area contributed by atoms with Crippen LogP contribution in [-0.2, 0) is 23.8 Å². The van der Waals surface area contributed by atoms with Crippen LogP contribution in [-0.4, -0.2) is 42.5 Å². The standard InChI is InChI=1S/C19H26O6/c1-12(24-19(22)17(20)14-7-5-4-6-8-14)11-15-9-10-16(25-15)13(2)18(21)23-3/h4-8,12-13,15-17,20H,9-11H2,1-3H3/t12-,13+,15-,16+,17+/m0/s1. The number of carbonyl (C=O) groups excluding carboxylic acids is 2. The fourth-order valence-electron chi connectivity index (χ4n) is 3.06. The summed E-state index contributed by atoms with van der Waals surface area (Å²) in [6.45, 7) is 3.56. The fourth-order valence-corrected chi connectivity index (χ4v) is 3.06. The van der Waals surface area contributed by atoms with Gasteiger partial charge in [-0.15, -0.1) is 0 Å². The van der Waals surface area contributed by atoms with E-state index in [1.807, 2.05) is 6.07 Å². The van der Waals surface area contributed by atoms with E-state index < -0.39 is 12.1 Å². The summed E-state index contributed by atoms with van der Waals surface area (Å²) in [6, 6.07) is 8.67. The third-order valence-electron chi connectivity index (χ3n) is 4.52.